The molecule has 2 rings (SSSR count). The molecule has 0 amide bonds. The number of hydrogen-bond donors (Lipinski definition) is 2. The Morgan fingerprint density at radius 2 is 2.17 bits per heavy atom. The van der Waals surface area contributed by atoms with Gasteiger partial charge in [-0.2, -0.15) is 16.3 Å². The van der Waals surface area contributed by atoms with E-state index in [1.54, 1.807) is 17.5 Å². The van der Waals surface area contributed by atoms with Crippen LogP contribution in [0.2, 0.25) is 5.02 Å². The van der Waals surface area contributed by atoms with Crippen LogP contribution in [0.4, 0.5) is 11.8 Å². The number of halogens is 1. The summed E-state index contributed by atoms with van der Waals surface area (Å²) in [7, 11) is 0. The number of nitrogens with one attached hydrogen (secondary N) is 2. The van der Waals surface area contributed by atoms with Gasteiger partial charge in [0.2, 0.25) is 5.95 Å². The third kappa shape index (κ3) is 3.11. The molecular formula is C12H15ClN4S. The van der Waals surface area contributed by atoms with Crippen molar-refractivity contribution >= 4 is 34.7 Å². The van der Waals surface area contributed by atoms with Crippen LogP contribution in [0, 0.1) is 6.92 Å². The number of aryl methyl sites for hydroxylation is 1. The molecule has 0 bridgehead atoms. The average molecular weight is 283 g/mol. The van der Waals surface area contributed by atoms with E-state index >= 15 is 0 Å². The molecule has 0 saturated carbocycles. The minimum absolute atomic E-state index is 0.532. The molecule has 0 aliphatic carbocycles. The van der Waals surface area contributed by atoms with Crippen LogP contribution < -0.4 is 10.6 Å². The smallest absolute Gasteiger partial charge is 0.224 e. The Balaban J connectivity index is 2.08. The first-order chi connectivity index (χ1) is 8.70. The van der Waals surface area contributed by atoms with E-state index in [0.717, 1.165) is 13.1 Å². The predicted molar refractivity (Wildman–Crippen MR) is 77.6 cm³/mol. The molecule has 0 fully saturated rings. The van der Waals surface area contributed by atoms with E-state index in [4.69, 9.17) is 11.6 Å². The zero-order chi connectivity index (χ0) is 13.0. The number of nitrogens with zero attached hydrogens (tertiary/aromatic N) is 2. The average Bonchev–Trinajstić information content (AvgIpc) is 2.76. The second-order valence-electron chi connectivity index (χ2n) is 3.85. The maximum absolute atomic E-state index is 6.06. The second-order valence-corrected chi connectivity index (χ2v) is 5.00. The van der Waals surface area contributed by atoms with Gasteiger partial charge >= 0.3 is 0 Å². The van der Waals surface area contributed by atoms with Gasteiger partial charge in [-0.3, -0.25) is 0 Å². The minimum Gasteiger partial charge on any atom is -0.365 e. The molecule has 0 atom stereocenters. The number of rotatable bonds is 5. The highest BCUT2D eigenvalue weighted by atomic mass is 35.5. The number of thiophene rings is 1. The molecule has 0 aliphatic rings. The molecule has 2 heterocycles. The van der Waals surface area contributed by atoms with Crippen molar-refractivity contribution in [3.05, 3.63) is 33.1 Å². The van der Waals surface area contributed by atoms with E-state index in [0.29, 0.717) is 16.8 Å². The van der Waals surface area contributed by atoms with Gasteiger partial charge in [0, 0.05) is 13.1 Å². The molecule has 0 spiro atoms. The third-order valence-corrected chi connectivity index (χ3v) is 3.67. The fourth-order valence-corrected chi connectivity index (χ4v) is 2.50. The summed E-state index contributed by atoms with van der Waals surface area (Å²) in [6, 6.07) is 0. The van der Waals surface area contributed by atoms with Gasteiger partial charge in [-0.25, -0.2) is 4.98 Å². The highest BCUT2D eigenvalue weighted by Crippen LogP contribution is 2.21. The van der Waals surface area contributed by atoms with Crippen molar-refractivity contribution in [2.24, 2.45) is 0 Å². The van der Waals surface area contributed by atoms with Gasteiger partial charge < -0.3 is 10.6 Å². The van der Waals surface area contributed by atoms with Crippen molar-refractivity contribution in [1.82, 2.24) is 9.97 Å². The Hall–Kier alpha value is -1.33. The van der Waals surface area contributed by atoms with Crippen LogP contribution in [0.1, 0.15) is 18.1 Å². The normalized spacial score (nSPS) is 10.4. The first-order valence-corrected chi connectivity index (χ1v) is 7.04. The van der Waals surface area contributed by atoms with Gasteiger partial charge in [-0.05, 0) is 35.7 Å². The van der Waals surface area contributed by atoms with Crippen LogP contribution in [0.25, 0.3) is 0 Å². The van der Waals surface area contributed by atoms with Crippen LogP contribution in [0.3, 0.4) is 0 Å². The maximum atomic E-state index is 6.06. The van der Waals surface area contributed by atoms with E-state index < -0.39 is 0 Å². The Morgan fingerprint density at radius 3 is 2.83 bits per heavy atom. The fraction of sp³-hybridized carbons (Fsp3) is 0.333. The number of aromatic nitrogens is 2. The fourth-order valence-electron chi connectivity index (χ4n) is 1.48. The first kappa shape index (κ1) is 13.1. The summed E-state index contributed by atoms with van der Waals surface area (Å²) in [4.78, 5) is 8.43. The first-order valence-electron chi connectivity index (χ1n) is 5.72. The highest BCUT2D eigenvalue weighted by molar-refractivity contribution is 7.08. The monoisotopic (exact) mass is 282 g/mol. The second kappa shape index (κ2) is 6.02. The van der Waals surface area contributed by atoms with Crippen molar-refractivity contribution in [2.75, 3.05) is 17.2 Å². The molecule has 2 aromatic rings. The Kier molecular flexibility index (Phi) is 4.38. The minimum atomic E-state index is 0.532. The van der Waals surface area contributed by atoms with Crippen LogP contribution in [-0.4, -0.2) is 16.5 Å². The summed E-state index contributed by atoms with van der Waals surface area (Å²) >= 11 is 7.76. The molecule has 4 nitrogen and oxygen atoms in total. The molecule has 2 aromatic heterocycles. The lowest BCUT2D eigenvalue weighted by Crippen LogP contribution is -2.07. The van der Waals surface area contributed by atoms with Gasteiger partial charge in [-0.15, -0.1) is 0 Å². The predicted octanol–water partition coefficient (Wildman–Crippen LogP) is 3.54. The Labute approximate surface area is 115 Å². The van der Waals surface area contributed by atoms with Gasteiger partial charge in [0.15, 0.2) is 5.82 Å². The number of hydrogen-bond acceptors (Lipinski definition) is 5. The largest absolute Gasteiger partial charge is 0.365 e. The lowest BCUT2D eigenvalue weighted by atomic mass is 10.2. The van der Waals surface area contributed by atoms with Gasteiger partial charge in [0.1, 0.15) is 5.02 Å². The molecular weight excluding hydrogens is 268 g/mol. The van der Waals surface area contributed by atoms with E-state index in [-0.39, 0.29) is 0 Å². The molecule has 18 heavy (non-hydrogen) atoms. The van der Waals surface area contributed by atoms with Crippen LogP contribution in [0.5, 0.6) is 0 Å². The summed E-state index contributed by atoms with van der Waals surface area (Å²) in [5.74, 6) is 1.25. The topological polar surface area (TPSA) is 49.8 Å². The van der Waals surface area contributed by atoms with E-state index in [9.17, 15) is 0 Å². The van der Waals surface area contributed by atoms with Gasteiger partial charge in [0.25, 0.3) is 0 Å². The third-order valence-electron chi connectivity index (χ3n) is 2.49. The molecule has 2 N–H and O–H groups in total. The van der Waals surface area contributed by atoms with E-state index in [1.165, 1.54) is 11.1 Å². The number of anilines is 2. The summed E-state index contributed by atoms with van der Waals surface area (Å²) in [6.07, 6.45) is 1.61. The van der Waals surface area contributed by atoms with Crippen molar-refractivity contribution in [3.63, 3.8) is 0 Å². The molecule has 6 heteroatoms. The Morgan fingerprint density at radius 1 is 1.33 bits per heavy atom. The summed E-state index contributed by atoms with van der Waals surface area (Å²) < 4.78 is 0. The standard InChI is InChI=1S/C12H15ClN4S/c1-3-14-12-16-5-10(13)11(17-12)15-4-9-7-18-6-8(9)2/h5-7H,3-4H2,1-2H3,(H2,14,15,16,17). The lowest BCUT2D eigenvalue weighted by Gasteiger charge is -2.09. The summed E-state index contributed by atoms with van der Waals surface area (Å²) in [5.41, 5.74) is 2.55. The van der Waals surface area contributed by atoms with E-state index in [2.05, 4.69) is 38.3 Å². The van der Waals surface area contributed by atoms with Crippen LogP contribution in [0.15, 0.2) is 17.0 Å². The summed E-state index contributed by atoms with van der Waals surface area (Å²) in [6.45, 7) is 5.60. The molecule has 0 saturated heterocycles. The van der Waals surface area contributed by atoms with Crippen molar-refractivity contribution in [2.45, 2.75) is 20.4 Å². The van der Waals surface area contributed by atoms with Crippen molar-refractivity contribution in [3.8, 4) is 0 Å². The maximum Gasteiger partial charge on any atom is 0.224 e. The summed E-state index contributed by atoms with van der Waals surface area (Å²) in [5, 5.41) is 11.1. The van der Waals surface area contributed by atoms with E-state index in [1.807, 2.05) is 6.92 Å². The molecule has 96 valence electrons. The van der Waals surface area contributed by atoms with Gasteiger partial charge in [-0.1, -0.05) is 11.6 Å². The molecule has 0 aromatic carbocycles. The molecule has 0 aliphatic heterocycles. The lowest BCUT2D eigenvalue weighted by molar-refractivity contribution is 1.05. The quantitative estimate of drug-likeness (QED) is 0.881. The van der Waals surface area contributed by atoms with Crippen molar-refractivity contribution in [1.29, 1.82) is 0 Å². The highest BCUT2D eigenvalue weighted by Gasteiger charge is 2.06. The van der Waals surface area contributed by atoms with Crippen molar-refractivity contribution < 1.29 is 0 Å². The van der Waals surface area contributed by atoms with Gasteiger partial charge in [0.05, 0.1) is 6.20 Å². The Bertz CT molecular complexity index is 527. The molecule has 0 unspecified atom stereocenters. The SMILES string of the molecule is CCNc1ncc(Cl)c(NCc2cscc2C)n1. The zero-order valence-corrected chi connectivity index (χ0v) is 11.9. The zero-order valence-electron chi connectivity index (χ0n) is 10.3. The van der Waals surface area contributed by atoms with Crippen LogP contribution in [-0.2, 0) is 6.54 Å². The van der Waals surface area contributed by atoms with Crippen LogP contribution >= 0.6 is 22.9 Å². The molecule has 0 radical (unpaired) electrons.